The summed E-state index contributed by atoms with van der Waals surface area (Å²) >= 11 is 0. The van der Waals surface area contributed by atoms with E-state index in [1.165, 1.54) is 12.8 Å². The van der Waals surface area contributed by atoms with E-state index in [1.807, 2.05) is 11.9 Å². The predicted octanol–water partition coefficient (Wildman–Crippen LogP) is 2.23. The molecule has 2 atom stereocenters. The average Bonchev–Trinajstić information content (AvgIpc) is 2.96. The standard InChI is InChI=1S/C16H26N2O2/c1-18-13-8-4-5-10-16(13,11-9-14(18)19)15(20)17-12-6-2-3-7-12/h12-13H,2-11H2,1H3,(H,17,20)/t13-,16-/m1/s1. The fourth-order valence-corrected chi connectivity index (χ4v) is 4.53. The van der Waals surface area contributed by atoms with Crippen LogP contribution in [0.3, 0.4) is 0 Å². The summed E-state index contributed by atoms with van der Waals surface area (Å²) in [5, 5.41) is 3.30. The number of carbonyl (C=O) groups excluding carboxylic acids is 2. The molecule has 1 saturated heterocycles. The van der Waals surface area contributed by atoms with E-state index in [0.717, 1.165) is 44.9 Å². The van der Waals surface area contributed by atoms with Crippen LogP contribution in [0.25, 0.3) is 0 Å². The molecule has 4 heteroatoms. The molecular weight excluding hydrogens is 252 g/mol. The molecule has 0 spiro atoms. The van der Waals surface area contributed by atoms with E-state index in [4.69, 9.17) is 0 Å². The summed E-state index contributed by atoms with van der Waals surface area (Å²) in [6.07, 6.45) is 10.2. The Morgan fingerprint density at radius 2 is 1.85 bits per heavy atom. The summed E-state index contributed by atoms with van der Waals surface area (Å²) in [6.45, 7) is 0. The molecule has 112 valence electrons. The summed E-state index contributed by atoms with van der Waals surface area (Å²) < 4.78 is 0. The first-order chi connectivity index (χ1) is 9.63. The Labute approximate surface area is 121 Å². The van der Waals surface area contributed by atoms with Crippen molar-refractivity contribution in [2.45, 2.75) is 76.3 Å². The molecule has 3 rings (SSSR count). The Morgan fingerprint density at radius 3 is 2.60 bits per heavy atom. The van der Waals surface area contributed by atoms with Crippen molar-refractivity contribution in [3.05, 3.63) is 0 Å². The minimum absolute atomic E-state index is 0.124. The number of fused-ring (bicyclic) bond motifs is 1. The van der Waals surface area contributed by atoms with Gasteiger partial charge in [0.05, 0.1) is 5.41 Å². The zero-order chi connectivity index (χ0) is 14.2. The number of nitrogens with zero attached hydrogens (tertiary/aromatic N) is 1. The Balaban J connectivity index is 1.78. The third kappa shape index (κ3) is 2.23. The third-order valence-electron chi connectivity index (χ3n) is 5.78. The normalized spacial score (nSPS) is 35.0. The van der Waals surface area contributed by atoms with Crippen molar-refractivity contribution in [1.82, 2.24) is 10.2 Å². The van der Waals surface area contributed by atoms with Crippen molar-refractivity contribution >= 4 is 11.8 Å². The fraction of sp³-hybridized carbons (Fsp3) is 0.875. The zero-order valence-corrected chi connectivity index (χ0v) is 12.5. The number of piperidine rings is 1. The van der Waals surface area contributed by atoms with Crippen molar-refractivity contribution in [3.8, 4) is 0 Å². The van der Waals surface area contributed by atoms with Gasteiger partial charge in [0.15, 0.2) is 0 Å². The van der Waals surface area contributed by atoms with E-state index in [0.29, 0.717) is 12.5 Å². The lowest BCUT2D eigenvalue weighted by atomic mass is 9.64. The third-order valence-corrected chi connectivity index (χ3v) is 5.78. The molecule has 2 aliphatic carbocycles. The van der Waals surface area contributed by atoms with Gasteiger partial charge in [-0.15, -0.1) is 0 Å². The first-order valence-electron chi connectivity index (χ1n) is 8.20. The van der Waals surface area contributed by atoms with Gasteiger partial charge in [-0.2, -0.15) is 0 Å². The van der Waals surface area contributed by atoms with Gasteiger partial charge in [-0.1, -0.05) is 25.7 Å². The van der Waals surface area contributed by atoms with Gasteiger partial charge in [-0.05, 0) is 32.1 Å². The summed E-state index contributed by atoms with van der Waals surface area (Å²) in [4.78, 5) is 26.7. The Morgan fingerprint density at radius 1 is 1.15 bits per heavy atom. The maximum Gasteiger partial charge on any atom is 0.228 e. The highest BCUT2D eigenvalue weighted by molar-refractivity contribution is 5.88. The first-order valence-corrected chi connectivity index (χ1v) is 8.20. The van der Waals surface area contributed by atoms with Crippen LogP contribution in [0.2, 0.25) is 0 Å². The largest absolute Gasteiger partial charge is 0.353 e. The van der Waals surface area contributed by atoms with Crippen LogP contribution in [0.1, 0.15) is 64.2 Å². The van der Waals surface area contributed by atoms with Crippen LogP contribution in [-0.2, 0) is 9.59 Å². The van der Waals surface area contributed by atoms with Crippen LogP contribution in [0.5, 0.6) is 0 Å². The zero-order valence-electron chi connectivity index (χ0n) is 12.5. The monoisotopic (exact) mass is 278 g/mol. The highest BCUT2D eigenvalue weighted by Gasteiger charge is 2.52. The molecule has 0 bridgehead atoms. The molecule has 2 amide bonds. The van der Waals surface area contributed by atoms with Crippen LogP contribution < -0.4 is 5.32 Å². The molecule has 1 heterocycles. The molecule has 2 saturated carbocycles. The highest BCUT2D eigenvalue weighted by atomic mass is 16.2. The Kier molecular flexibility index (Phi) is 3.74. The van der Waals surface area contributed by atoms with Gasteiger partial charge < -0.3 is 10.2 Å². The molecule has 20 heavy (non-hydrogen) atoms. The molecule has 0 aromatic heterocycles. The Bertz CT molecular complexity index is 403. The second kappa shape index (κ2) is 5.38. The van der Waals surface area contributed by atoms with Crippen LogP contribution in [0.4, 0.5) is 0 Å². The van der Waals surface area contributed by atoms with Crippen LogP contribution in [-0.4, -0.2) is 35.8 Å². The molecule has 0 aromatic rings. The topological polar surface area (TPSA) is 49.4 Å². The van der Waals surface area contributed by atoms with E-state index < -0.39 is 0 Å². The van der Waals surface area contributed by atoms with Crippen molar-refractivity contribution in [2.24, 2.45) is 5.41 Å². The number of hydrogen-bond donors (Lipinski definition) is 1. The van der Waals surface area contributed by atoms with E-state index in [-0.39, 0.29) is 23.3 Å². The number of nitrogens with one attached hydrogen (secondary N) is 1. The summed E-state index contributed by atoms with van der Waals surface area (Å²) in [5.74, 6) is 0.439. The van der Waals surface area contributed by atoms with Crippen molar-refractivity contribution in [3.63, 3.8) is 0 Å². The predicted molar refractivity (Wildman–Crippen MR) is 77.1 cm³/mol. The summed E-state index contributed by atoms with van der Waals surface area (Å²) in [6, 6.07) is 0.501. The molecule has 3 fully saturated rings. The van der Waals surface area contributed by atoms with E-state index in [1.54, 1.807) is 0 Å². The number of carbonyl (C=O) groups is 2. The van der Waals surface area contributed by atoms with Crippen LogP contribution >= 0.6 is 0 Å². The average molecular weight is 278 g/mol. The molecular formula is C16H26N2O2. The molecule has 1 aliphatic heterocycles. The van der Waals surface area contributed by atoms with Gasteiger partial charge in [0.1, 0.15) is 0 Å². The van der Waals surface area contributed by atoms with E-state index >= 15 is 0 Å². The second-order valence-corrected chi connectivity index (χ2v) is 6.88. The quantitative estimate of drug-likeness (QED) is 0.842. The number of hydrogen-bond acceptors (Lipinski definition) is 2. The highest BCUT2D eigenvalue weighted by Crippen LogP contribution is 2.46. The maximum absolute atomic E-state index is 12.9. The van der Waals surface area contributed by atoms with E-state index in [2.05, 4.69) is 5.32 Å². The smallest absolute Gasteiger partial charge is 0.228 e. The van der Waals surface area contributed by atoms with Crippen molar-refractivity contribution < 1.29 is 9.59 Å². The molecule has 3 aliphatic rings. The van der Waals surface area contributed by atoms with Crippen LogP contribution in [0.15, 0.2) is 0 Å². The SMILES string of the molecule is CN1C(=O)CC[C@]2(C(=O)NC3CCCC3)CCCC[C@@H]12. The molecule has 1 N–H and O–H groups in total. The minimum atomic E-state index is -0.302. The fourth-order valence-electron chi connectivity index (χ4n) is 4.53. The van der Waals surface area contributed by atoms with Gasteiger partial charge in [0.2, 0.25) is 11.8 Å². The van der Waals surface area contributed by atoms with Crippen molar-refractivity contribution in [1.29, 1.82) is 0 Å². The number of rotatable bonds is 2. The van der Waals surface area contributed by atoms with Crippen molar-refractivity contribution in [2.75, 3.05) is 7.05 Å². The van der Waals surface area contributed by atoms with Crippen LogP contribution in [0, 0.1) is 5.41 Å². The molecule has 0 aromatic carbocycles. The minimum Gasteiger partial charge on any atom is -0.353 e. The second-order valence-electron chi connectivity index (χ2n) is 6.88. The van der Waals surface area contributed by atoms with Gasteiger partial charge in [-0.3, -0.25) is 9.59 Å². The van der Waals surface area contributed by atoms with Gasteiger partial charge in [0.25, 0.3) is 0 Å². The summed E-state index contributed by atoms with van der Waals surface area (Å²) in [5.41, 5.74) is -0.302. The summed E-state index contributed by atoms with van der Waals surface area (Å²) in [7, 11) is 1.88. The van der Waals surface area contributed by atoms with Gasteiger partial charge in [0, 0.05) is 25.6 Å². The maximum atomic E-state index is 12.9. The van der Waals surface area contributed by atoms with Gasteiger partial charge >= 0.3 is 0 Å². The molecule has 0 radical (unpaired) electrons. The first kappa shape index (κ1) is 13.9. The number of likely N-dealkylation sites (tertiary alicyclic amines) is 1. The lowest BCUT2D eigenvalue weighted by Gasteiger charge is -2.50. The lowest BCUT2D eigenvalue weighted by molar-refractivity contribution is -0.153. The van der Waals surface area contributed by atoms with E-state index in [9.17, 15) is 9.59 Å². The lowest BCUT2D eigenvalue weighted by Crippen LogP contribution is -2.61. The molecule has 4 nitrogen and oxygen atoms in total. The van der Waals surface area contributed by atoms with Gasteiger partial charge in [-0.25, -0.2) is 0 Å². The Hall–Kier alpha value is -1.06. The molecule has 0 unspecified atom stereocenters. The number of amides is 2.